The van der Waals surface area contributed by atoms with E-state index in [1.807, 2.05) is 19.3 Å². The molecule has 2 rings (SSSR count). The van der Waals surface area contributed by atoms with Crippen LogP contribution in [0.1, 0.15) is 28.4 Å². The molecule has 0 amide bonds. The van der Waals surface area contributed by atoms with E-state index in [2.05, 4.69) is 4.74 Å². The summed E-state index contributed by atoms with van der Waals surface area (Å²) in [5, 5.41) is 0. The molecule has 1 aliphatic carbocycles. The van der Waals surface area contributed by atoms with Crippen LogP contribution in [0.15, 0.2) is 12.3 Å². The van der Waals surface area contributed by atoms with Crippen molar-refractivity contribution in [3.8, 4) is 0 Å². The van der Waals surface area contributed by atoms with Crippen LogP contribution in [-0.4, -0.2) is 23.7 Å². The molecule has 1 saturated carbocycles. The summed E-state index contributed by atoms with van der Waals surface area (Å²) in [4.78, 5) is 11.3. The minimum absolute atomic E-state index is 0.267. The Bertz CT molecular complexity index is 370. The van der Waals surface area contributed by atoms with Gasteiger partial charge >= 0.3 is 5.97 Å². The van der Waals surface area contributed by atoms with E-state index in [0.29, 0.717) is 11.6 Å². The van der Waals surface area contributed by atoms with Crippen molar-refractivity contribution in [2.45, 2.75) is 18.4 Å². The topological polar surface area (TPSA) is 57.2 Å². The molecule has 1 fully saturated rings. The number of ether oxygens (including phenoxy) is 1. The van der Waals surface area contributed by atoms with Crippen LogP contribution in [0.25, 0.3) is 0 Å². The molecule has 2 atom stereocenters. The first-order valence-electron chi connectivity index (χ1n) is 4.63. The molecule has 4 heteroatoms. The summed E-state index contributed by atoms with van der Waals surface area (Å²) in [6.45, 7) is 0. The lowest BCUT2D eigenvalue weighted by atomic mass is 10.2. The maximum atomic E-state index is 11.3. The molecule has 2 N–H and O–H groups in total. The van der Waals surface area contributed by atoms with Crippen molar-refractivity contribution in [3.63, 3.8) is 0 Å². The molecule has 0 aromatic carbocycles. The summed E-state index contributed by atoms with van der Waals surface area (Å²) >= 11 is 0. The van der Waals surface area contributed by atoms with E-state index in [1.165, 1.54) is 7.11 Å². The summed E-state index contributed by atoms with van der Waals surface area (Å²) < 4.78 is 6.45. The largest absolute Gasteiger partial charge is 0.464 e. The second-order valence-corrected chi connectivity index (χ2v) is 3.77. The third-order valence-electron chi connectivity index (χ3n) is 2.69. The average molecular weight is 194 g/mol. The van der Waals surface area contributed by atoms with Crippen LogP contribution in [0.3, 0.4) is 0 Å². The third-order valence-corrected chi connectivity index (χ3v) is 2.69. The minimum Gasteiger partial charge on any atom is -0.464 e. The van der Waals surface area contributed by atoms with Crippen molar-refractivity contribution in [2.75, 3.05) is 7.11 Å². The Morgan fingerprint density at radius 2 is 2.36 bits per heavy atom. The number of hydrogen-bond acceptors (Lipinski definition) is 3. The first-order valence-corrected chi connectivity index (χ1v) is 4.63. The Hall–Kier alpha value is -1.29. The number of aryl methyl sites for hydroxylation is 1. The lowest BCUT2D eigenvalue weighted by molar-refractivity contribution is 0.0590. The van der Waals surface area contributed by atoms with E-state index < -0.39 is 0 Å². The molecular weight excluding hydrogens is 180 g/mol. The van der Waals surface area contributed by atoms with Gasteiger partial charge in [0.25, 0.3) is 0 Å². The molecule has 0 radical (unpaired) electrons. The second-order valence-electron chi connectivity index (χ2n) is 3.77. The van der Waals surface area contributed by atoms with Gasteiger partial charge < -0.3 is 15.0 Å². The maximum Gasteiger partial charge on any atom is 0.354 e. The van der Waals surface area contributed by atoms with E-state index in [9.17, 15) is 4.79 Å². The number of nitrogens with two attached hydrogens (primary N) is 1. The summed E-state index contributed by atoms with van der Waals surface area (Å²) in [5.74, 6) is 0.132. The van der Waals surface area contributed by atoms with E-state index in [0.717, 1.165) is 12.0 Å². The van der Waals surface area contributed by atoms with Gasteiger partial charge in [-0.15, -0.1) is 0 Å². The van der Waals surface area contributed by atoms with E-state index in [4.69, 9.17) is 5.73 Å². The number of hydrogen-bond donors (Lipinski definition) is 1. The Morgan fingerprint density at radius 3 is 2.86 bits per heavy atom. The lowest BCUT2D eigenvalue weighted by Crippen LogP contribution is -2.06. The number of nitrogens with zero attached hydrogens (tertiary/aromatic N) is 1. The lowest BCUT2D eigenvalue weighted by Gasteiger charge is -1.98. The maximum absolute atomic E-state index is 11.3. The quantitative estimate of drug-likeness (QED) is 0.702. The molecule has 0 bridgehead atoms. The van der Waals surface area contributed by atoms with Crippen LogP contribution in [0.2, 0.25) is 0 Å². The summed E-state index contributed by atoms with van der Waals surface area (Å²) in [6, 6.07) is 2.13. The summed E-state index contributed by atoms with van der Waals surface area (Å²) in [5.41, 5.74) is 7.47. The number of rotatable bonds is 2. The van der Waals surface area contributed by atoms with E-state index >= 15 is 0 Å². The average Bonchev–Trinajstić information content (AvgIpc) is 2.75. The molecule has 1 aromatic heterocycles. The predicted octanol–water partition coefficient (Wildman–Crippen LogP) is 0.626. The predicted molar refractivity (Wildman–Crippen MR) is 52.1 cm³/mol. The number of methoxy groups -OCH3 is 1. The van der Waals surface area contributed by atoms with Crippen molar-refractivity contribution < 1.29 is 9.53 Å². The van der Waals surface area contributed by atoms with Gasteiger partial charge in [-0.1, -0.05) is 0 Å². The number of carbonyl (C=O) groups is 1. The van der Waals surface area contributed by atoms with Gasteiger partial charge in [0.15, 0.2) is 0 Å². The van der Waals surface area contributed by atoms with Crippen LogP contribution in [0, 0.1) is 0 Å². The molecule has 14 heavy (non-hydrogen) atoms. The van der Waals surface area contributed by atoms with Gasteiger partial charge in [0.05, 0.1) is 7.11 Å². The highest BCUT2D eigenvalue weighted by atomic mass is 16.5. The minimum atomic E-state index is -0.298. The molecule has 4 nitrogen and oxygen atoms in total. The van der Waals surface area contributed by atoms with Crippen molar-refractivity contribution >= 4 is 5.97 Å². The molecule has 0 spiro atoms. The number of esters is 1. The molecule has 1 heterocycles. The van der Waals surface area contributed by atoms with E-state index in [1.54, 1.807) is 4.57 Å². The molecule has 1 aliphatic rings. The second kappa shape index (κ2) is 3.13. The summed E-state index contributed by atoms with van der Waals surface area (Å²) in [7, 11) is 3.22. The first-order chi connectivity index (χ1) is 6.63. The van der Waals surface area contributed by atoms with Gasteiger partial charge in [0, 0.05) is 25.2 Å². The molecular formula is C10H14N2O2. The fourth-order valence-corrected chi connectivity index (χ4v) is 1.70. The normalized spacial score (nSPS) is 24.8. The van der Waals surface area contributed by atoms with Gasteiger partial charge in [0.2, 0.25) is 0 Å². The van der Waals surface area contributed by atoms with Crippen molar-refractivity contribution in [3.05, 3.63) is 23.5 Å². The number of aromatic nitrogens is 1. The zero-order valence-corrected chi connectivity index (χ0v) is 8.36. The summed E-state index contributed by atoms with van der Waals surface area (Å²) in [6.07, 6.45) is 2.97. The van der Waals surface area contributed by atoms with Crippen LogP contribution in [0.5, 0.6) is 0 Å². The van der Waals surface area contributed by atoms with E-state index in [-0.39, 0.29) is 12.0 Å². The fraction of sp³-hybridized carbons (Fsp3) is 0.500. The molecule has 0 unspecified atom stereocenters. The molecule has 0 aliphatic heterocycles. The van der Waals surface area contributed by atoms with Gasteiger partial charge in [-0.3, -0.25) is 0 Å². The van der Waals surface area contributed by atoms with Gasteiger partial charge in [-0.25, -0.2) is 4.79 Å². The zero-order valence-electron chi connectivity index (χ0n) is 8.36. The van der Waals surface area contributed by atoms with Crippen LogP contribution < -0.4 is 5.73 Å². The van der Waals surface area contributed by atoms with Crippen LogP contribution >= 0.6 is 0 Å². The number of carbonyl (C=O) groups excluding carboxylic acids is 1. The van der Waals surface area contributed by atoms with Gasteiger partial charge in [0.1, 0.15) is 5.69 Å². The van der Waals surface area contributed by atoms with Crippen molar-refractivity contribution in [1.82, 2.24) is 4.57 Å². The highest BCUT2D eigenvalue weighted by Crippen LogP contribution is 2.39. The van der Waals surface area contributed by atoms with Gasteiger partial charge in [-0.2, -0.15) is 0 Å². The standard InChI is InChI=1S/C10H14N2O2/c1-12-5-6(7-4-8(7)11)3-9(12)10(13)14-2/h3,5,7-8H,4,11H2,1-2H3/t7-,8+/m0/s1. The Kier molecular flexibility index (Phi) is 2.07. The third kappa shape index (κ3) is 1.42. The Labute approximate surface area is 82.6 Å². The molecule has 0 saturated heterocycles. The van der Waals surface area contributed by atoms with Crippen molar-refractivity contribution in [2.24, 2.45) is 12.8 Å². The highest BCUT2D eigenvalue weighted by Gasteiger charge is 2.36. The van der Waals surface area contributed by atoms with Crippen molar-refractivity contribution in [1.29, 1.82) is 0 Å². The zero-order chi connectivity index (χ0) is 10.3. The Morgan fingerprint density at radius 1 is 1.71 bits per heavy atom. The first kappa shape index (κ1) is 9.27. The smallest absolute Gasteiger partial charge is 0.354 e. The van der Waals surface area contributed by atoms with Crippen LogP contribution in [-0.2, 0) is 11.8 Å². The highest BCUT2D eigenvalue weighted by molar-refractivity contribution is 5.88. The fourth-order valence-electron chi connectivity index (χ4n) is 1.70. The molecule has 1 aromatic rings. The Balaban J connectivity index is 2.25. The SMILES string of the molecule is COC(=O)c1cc([C@@H]2C[C@H]2N)cn1C. The molecule has 76 valence electrons. The van der Waals surface area contributed by atoms with Gasteiger partial charge in [-0.05, 0) is 18.1 Å². The monoisotopic (exact) mass is 194 g/mol. The van der Waals surface area contributed by atoms with Crippen LogP contribution in [0.4, 0.5) is 0 Å².